The van der Waals surface area contributed by atoms with Crippen molar-refractivity contribution in [2.24, 2.45) is 10.7 Å². The molecule has 0 radical (unpaired) electrons. The van der Waals surface area contributed by atoms with E-state index in [1.807, 2.05) is 50.2 Å². The summed E-state index contributed by atoms with van der Waals surface area (Å²) in [5, 5.41) is 3.08. The Labute approximate surface area is 171 Å². The van der Waals surface area contributed by atoms with Gasteiger partial charge in [0, 0.05) is 5.69 Å². The first kappa shape index (κ1) is 21.9. The second kappa shape index (κ2) is 10.7. The molecule has 0 saturated heterocycles. The Morgan fingerprint density at radius 2 is 1.77 bits per heavy atom. The zero-order chi connectivity index (χ0) is 18.2. The number of benzene rings is 2. The van der Waals surface area contributed by atoms with E-state index in [-0.39, 0.29) is 24.0 Å². The molecule has 26 heavy (non-hydrogen) atoms. The Hall–Kier alpha value is -2.16. The highest BCUT2D eigenvalue weighted by Crippen LogP contribution is 2.38. The van der Waals surface area contributed by atoms with Crippen molar-refractivity contribution in [2.45, 2.75) is 20.4 Å². The zero-order valence-corrected chi connectivity index (χ0v) is 17.9. The van der Waals surface area contributed by atoms with Gasteiger partial charge in [-0.2, -0.15) is 0 Å². The highest BCUT2D eigenvalue weighted by Gasteiger charge is 2.13. The Bertz CT molecular complexity index is 726. The van der Waals surface area contributed by atoms with Crippen LogP contribution in [0.2, 0.25) is 0 Å². The minimum Gasteiger partial charge on any atom is -0.493 e. The van der Waals surface area contributed by atoms with Crippen LogP contribution in [-0.2, 0) is 6.54 Å². The molecule has 0 unspecified atom stereocenters. The number of hydrogen-bond acceptors (Lipinski definition) is 4. The Morgan fingerprint density at radius 1 is 1.12 bits per heavy atom. The van der Waals surface area contributed by atoms with E-state index >= 15 is 0 Å². The fraction of sp³-hybridized carbons (Fsp3) is 0.316. The van der Waals surface area contributed by atoms with Gasteiger partial charge in [-0.1, -0.05) is 12.1 Å². The van der Waals surface area contributed by atoms with Crippen LogP contribution < -0.4 is 25.3 Å². The summed E-state index contributed by atoms with van der Waals surface area (Å²) in [5.74, 6) is 2.15. The van der Waals surface area contributed by atoms with Crippen LogP contribution in [-0.4, -0.2) is 26.8 Å². The molecule has 0 atom stereocenters. The SMILES string of the molecule is CCOc1c(OC)cc(CN=C(N)Nc2cccc(C)c2)cc1OC.I. The lowest BCUT2D eigenvalue weighted by atomic mass is 10.2. The summed E-state index contributed by atoms with van der Waals surface area (Å²) < 4.78 is 16.4. The standard InChI is InChI=1S/C19H25N3O3.HI/c1-5-25-18-16(23-3)10-14(11-17(18)24-4)12-21-19(20)22-15-8-6-7-13(2)9-15;/h6-11H,5,12H2,1-4H3,(H3,20,21,22);1H. The number of aryl methyl sites for hydroxylation is 1. The van der Waals surface area contributed by atoms with Gasteiger partial charge < -0.3 is 25.3 Å². The lowest BCUT2D eigenvalue weighted by Crippen LogP contribution is -2.22. The lowest BCUT2D eigenvalue weighted by Gasteiger charge is -2.15. The molecule has 3 N–H and O–H groups in total. The zero-order valence-electron chi connectivity index (χ0n) is 15.5. The van der Waals surface area contributed by atoms with Crippen molar-refractivity contribution in [3.63, 3.8) is 0 Å². The van der Waals surface area contributed by atoms with Gasteiger partial charge in [-0.3, -0.25) is 0 Å². The van der Waals surface area contributed by atoms with E-state index in [0.717, 1.165) is 16.8 Å². The Kier molecular flexibility index (Phi) is 9.04. The van der Waals surface area contributed by atoms with E-state index in [1.165, 1.54) is 0 Å². The van der Waals surface area contributed by atoms with Crippen molar-refractivity contribution in [2.75, 3.05) is 26.1 Å². The summed E-state index contributed by atoms with van der Waals surface area (Å²) >= 11 is 0. The summed E-state index contributed by atoms with van der Waals surface area (Å²) in [6, 6.07) is 11.7. The summed E-state index contributed by atoms with van der Waals surface area (Å²) in [6.07, 6.45) is 0. The maximum absolute atomic E-state index is 5.97. The first-order chi connectivity index (χ1) is 12.1. The number of anilines is 1. The van der Waals surface area contributed by atoms with Crippen LogP contribution in [0, 0.1) is 6.92 Å². The van der Waals surface area contributed by atoms with Crippen molar-refractivity contribution >= 4 is 35.6 Å². The van der Waals surface area contributed by atoms with Crippen LogP contribution in [0.4, 0.5) is 5.69 Å². The van der Waals surface area contributed by atoms with Crippen molar-refractivity contribution in [3.8, 4) is 17.2 Å². The molecule has 0 aliphatic carbocycles. The van der Waals surface area contributed by atoms with Crippen molar-refractivity contribution in [3.05, 3.63) is 47.5 Å². The van der Waals surface area contributed by atoms with Gasteiger partial charge in [0.25, 0.3) is 0 Å². The minimum absolute atomic E-state index is 0. The molecule has 0 saturated carbocycles. The number of nitrogens with one attached hydrogen (secondary N) is 1. The molecule has 0 aliphatic rings. The fourth-order valence-electron chi connectivity index (χ4n) is 2.40. The number of guanidine groups is 1. The minimum atomic E-state index is 0. The summed E-state index contributed by atoms with van der Waals surface area (Å²) in [7, 11) is 3.19. The lowest BCUT2D eigenvalue weighted by molar-refractivity contribution is 0.288. The van der Waals surface area contributed by atoms with Gasteiger partial charge in [0.15, 0.2) is 17.5 Å². The van der Waals surface area contributed by atoms with Gasteiger partial charge in [0.05, 0.1) is 27.4 Å². The Morgan fingerprint density at radius 3 is 2.31 bits per heavy atom. The van der Waals surface area contributed by atoms with E-state index in [4.69, 9.17) is 19.9 Å². The van der Waals surface area contributed by atoms with Crippen LogP contribution in [0.3, 0.4) is 0 Å². The smallest absolute Gasteiger partial charge is 0.203 e. The van der Waals surface area contributed by atoms with Crippen LogP contribution in [0.25, 0.3) is 0 Å². The number of ether oxygens (including phenoxy) is 3. The number of aliphatic imine (C=N–C) groups is 1. The molecule has 0 spiro atoms. The van der Waals surface area contributed by atoms with E-state index in [2.05, 4.69) is 10.3 Å². The third-order valence-electron chi connectivity index (χ3n) is 3.53. The van der Waals surface area contributed by atoms with E-state index in [1.54, 1.807) is 14.2 Å². The molecule has 0 fully saturated rings. The van der Waals surface area contributed by atoms with E-state index in [0.29, 0.717) is 36.4 Å². The number of rotatable bonds is 7. The van der Waals surface area contributed by atoms with Crippen LogP contribution in [0.1, 0.15) is 18.1 Å². The van der Waals surface area contributed by atoms with Gasteiger partial charge in [0.2, 0.25) is 5.75 Å². The van der Waals surface area contributed by atoms with Gasteiger partial charge in [-0.15, -0.1) is 24.0 Å². The fourth-order valence-corrected chi connectivity index (χ4v) is 2.40. The van der Waals surface area contributed by atoms with Crippen molar-refractivity contribution in [1.29, 1.82) is 0 Å². The Balaban J connectivity index is 0.00000338. The van der Waals surface area contributed by atoms with Gasteiger partial charge in [-0.25, -0.2) is 4.99 Å². The molecule has 7 heteroatoms. The third-order valence-corrected chi connectivity index (χ3v) is 3.53. The first-order valence-electron chi connectivity index (χ1n) is 8.08. The van der Waals surface area contributed by atoms with E-state index < -0.39 is 0 Å². The van der Waals surface area contributed by atoms with Crippen LogP contribution in [0.15, 0.2) is 41.4 Å². The van der Waals surface area contributed by atoms with E-state index in [9.17, 15) is 0 Å². The van der Waals surface area contributed by atoms with Crippen molar-refractivity contribution < 1.29 is 14.2 Å². The molecule has 2 aromatic carbocycles. The monoisotopic (exact) mass is 471 g/mol. The van der Waals surface area contributed by atoms with Gasteiger partial charge >= 0.3 is 0 Å². The molecule has 2 rings (SSSR count). The maximum atomic E-state index is 5.97. The quantitative estimate of drug-likeness (QED) is 0.363. The molecule has 0 aliphatic heterocycles. The third kappa shape index (κ3) is 5.98. The maximum Gasteiger partial charge on any atom is 0.203 e. The van der Waals surface area contributed by atoms with Crippen LogP contribution >= 0.6 is 24.0 Å². The number of nitrogens with two attached hydrogens (primary N) is 1. The summed E-state index contributed by atoms with van der Waals surface area (Å²) in [6.45, 7) is 4.85. The summed E-state index contributed by atoms with van der Waals surface area (Å²) in [5.41, 5.74) is 8.94. The largest absolute Gasteiger partial charge is 0.493 e. The normalized spacial score (nSPS) is 10.7. The molecular weight excluding hydrogens is 445 g/mol. The molecule has 2 aromatic rings. The highest BCUT2D eigenvalue weighted by atomic mass is 127. The molecule has 0 aromatic heterocycles. The predicted octanol–water partition coefficient (Wildman–Crippen LogP) is 3.96. The summed E-state index contributed by atoms with van der Waals surface area (Å²) in [4.78, 5) is 4.38. The molecule has 142 valence electrons. The van der Waals surface area contributed by atoms with Crippen molar-refractivity contribution in [1.82, 2.24) is 0 Å². The highest BCUT2D eigenvalue weighted by molar-refractivity contribution is 14.0. The topological polar surface area (TPSA) is 78.1 Å². The second-order valence-electron chi connectivity index (χ2n) is 5.46. The molecule has 0 amide bonds. The molecule has 0 heterocycles. The second-order valence-corrected chi connectivity index (χ2v) is 5.46. The number of hydrogen-bond donors (Lipinski definition) is 2. The van der Waals surface area contributed by atoms with Crippen LogP contribution in [0.5, 0.6) is 17.2 Å². The number of nitrogens with zero attached hydrogens (tertiary/aromatic N) is 1. The van der Waals surface area contributed by atoms with Gasteiger partial charge in [-0.05, 0) is 49.2 Å². The molecule has 6 nitrogen and oxygen atoms in total. The van der Waals surface area contributed by atoms with Gasteiger partial charge in [0.1, 0.15) is 0 Å². The first-order valence-corrected chi connectivity index (χ1v) is 8.08. The average Bonchev–Trinajstić information content (AvgIpc) is 2.60. The molecular formula is C19H26IN3O3. The average molecular weight is 471 g/mol. The number of methoxy groups -OCH3 is 2. The number of halogens is 1. The predicted molar refractivity (Wildman–Crippen MR) is 116 cm³/mol. The molecule has 0 bridgehead atoms.